The van der Waals surface area contributed by atoms with Gasteiger partial charge in [0.25, 0.3) is 0 Å². The molecule has 3 amide bonds. The van der Waals surface area contributed by atoms with E-state index < -0.39 is 23.8 Å². The van der Waals surface area contributed by atoms with Crippen LogP contribution in [0, 0.1) is 12.3 Å². The predicted octanol–water partition coefficient (Wildman–Crippen LogP) is 3.09. The number of hydrogen-bond donors (Lipinski definition) is 2. The number of likely N-dealkylation sites (tertiary alicyclic amines) is 1. The molecule has 7 nitrogen and oxygen atoms in total. The Hall–Kier alpha value is -3.01. The minimum Gasteiger partial charge on any atom is -0.444 e. The fourth-order valence-corrected chi connectivity index (χ4v) is 4.44. The first-order valence-corrected chi connectivity index (χ1v) is 11.3. The standard InChI is InChI=1S/C25H33N3O4/c1-5-10-20(27-24(31)32-25(2,3)4)23(30)28-16-9-15-21(28)22(29)26-19-14-8-12-17-11-6-7-13-18(17)19/h1,6-7,11,13,19-21H,8-10,12,14-16H2,2-4H3,(H,26,29)(H,27,31)/t19-,20+,21+/m1/s1. The number of rotatable bonds is 5. The van der Waals surface area contributed by atoms with E-state index in [-0.39, 0.29) is 24.3 Å². The minimum absolute atomic E-state index is 0.0267. The monoisotopic (exact) mass is 439 g/mol. The number of carbonyl (C=O) groups excluding carboxylic acids is 3. The van der Waals surface area contributed by atoms with E-state index in [0.717, 1.165) is 31.2 Å². The van der Waals surface area contributed by atoms with Gasteiger partial charge in [-0.2, -0.15) is 0 Å². The van der Waals surface area contributed by atoms with Crippen molar-refractivity contribution in [1.82, 2.24) is 15.5 Å². The molecule has 1 aliphatic carbocycles. The molecule has 1 saturated heterocycles. The third-order valence-electron chi connectivity index (χ3n) is 5.84. The molecule has 2 N–H and O–H groups in total. The van der Waals surface area contributed by atoms with E-state index in [1.54, 1.807) is 25.7 Å². The van der Waals surface area contributed by atoms with Crippen molar-refractivity contribution in [2.45, 2.75) is 83.0 Å². The van der Waals surface area contributed by atoms with Crippen molar-refractivity contribution in [2.75, 3.05) is 6.54 Å². The molecular weight excluding hydrogens is 406 g/mol. The second-order valence-corrected chi connectivity index (χ2v) is 9.45. The van der Waals surface area contributed by atoms with E-state index in [1.165, 1.54) is 5.56 Å². The molecule has 0 unspecified atom stereocenters. The number of alkyl carbamates (subject to hydrolysis) is 1. The van der Waals surface area contributed by atoms with Crippen LogP contribution < -0.4 is 10.6 Å². The number of aryl methyl sites for hydroxylation is 1. The van der Waals surface area contributed by atoms with Gasteiger partial charge in [-0.3, -0.25) is 9.59 Å². The van der Waals surface area contributed by atoms with E-state index in [9.17, 15) is 14.4 Å². The Balaban J connectivity index is 1.68. The lowest BCUT2D eigenvalue weighted by Gasteiger charge is -2.31. The largest absolute Gasteiger partial charge is 0.444 e. The van der Waals surface area contributed by atoms with Crippen LogP contribution in [0.25, 0.3) is 0 Å². The Morgan fingerprint density at radius 2 is 1.97 bits per heavy atom. The van der Waals surface area contributed by atoms with Crippen LogP contribution in [-0.2, 0) is 20.7 Å². The average Bonchev–Trinajstić information content (AvgIpc) is 3.22. The summed E-state index contributed by atoms with van der Waals surface area (Å²) in [5, 5.41) is 5.74. The number of fused-ring (bicyclic) bond motifs is 1. The first kappa shape index (κ1) is 23.6. The highest BCUT2D eigenvalue weighted by atomic mass is 16.6. The summed E-state index contributed by atoms with van der Waals surface area (Å²) in [6.45, 7) is 5.69. The summed E-state index contributed by atoms with van der Waals surface area (Å²) in [7, 11) is 0. The van der Waals surface area contributed by atoms with Crippen LogP contribution >= 0.6 is 0 Å². The third kappa shape index (κ3) is 5.82. The highest BCUT2D eigenvalue weighted by Gasteiger charge is 2.38. The second kappa shape index (κ2) is 10.1. The zero-order valence-corrected chi connectivity index (χ0v) is 19.1. The summed E-state index contributed by atoms with van der Waals surface area (Å²) in [4.78, 5) is 40.1. The molecule has 3 atom stereocenters. The van der Waals surface area contributed by atoms with Gasteiger partial charge in [0.1, 0.15) is 17.7 Å². The molecule has 1 heterocycles. The lowest BCUT2D eigenvalue weighted by molar-refractivity contribution is -0.140. The molecule has 2 aliphatic rings. The molecule has 0 aromatic heterocycles. The summed E-state index contributed by atoms with van der Waals surface area (Å²) in [5.74, 6) is 1.93. The van der Waals surface area contributed by atoms with Crippen LogP contribution in [0.1, 0.15) is 70.0 Å². The minimum atomic E-state index is -0.932. The Labute approximate surface area is 190 Å². The number of benzene rings is 1. The number of nitrogens with one attached hydrogen (secondary N) is 2. The summed E-state index contributed by atoms with van der Waals surface area (Å²) >= 11 is 0. The molecule has 7 heteroatoms. The summed E-state index contributed by atoms with van der Waals surface area (Å²) < 4.78 is 5.27. The molecule has 1 fully saturated rings. The lowest BCUT2D eigenvalue weighted by Crippen LogP contribution is -2.54. The van der Waals surface area contributed by atoms with Crippen LogP contribution in [0.3, 0.4) is 0 Å². The van der Waals surface area contributed by atoms with Crippen molar-refractivity contribution in [3.8, 4) is 12.3 Å². The highest BCUT2D eigenvalue weighted by molar-refractivity contribution is 5.92. The van der Waals surface area contributed by atoms with Crippen molar-refractivity contribution < 1.29 is 19.1 Å². The molecule has 0 bridgehead atoms. The molecule has 1 aromatic carbocycles. The van der Waals surface area contributed by atoms with Gasteiger partial charge in [-0.25, -0.2) is 4.79 Å². The molecule has 32 heavy (non-hydrogen) atoms. The molecule has 0 radical (unpaired) electrons. The van der Waals surface area contributed by atoms with Crippen LogP contribution in [0.4, 0.5) is 4.79 Å². The van der Waals surface area contributed by atoms with E-state index >= 15 is 0 Å². The molecule has 1 aliphatic heterocycles. The average molecular weight is 440 g/mol. The summed E-state index contributed by atoms with van der Waals surface area (Å²) in [6, 6.07) is 6.61. The van der Waals surface area contributed by atoms with E-state index in [0.29, 0.717) is 13.0 Å². The fourth-order valence-electron chi connectivity index (χ4n) is 4.44. The van der Waals surface area contributed by atoms with E-state index in [2.05, 4.69) is 28.7 Å². The maximum absolute atomic E-state index is 13.2. The number of amides is 3. The molecule has 0 saturated carbocycles. The van der Waals surface area contributed by atoms with Crippen molar-refractivity contribution >= 4 is 17.9 Å². The molecule has 0 spiro atoms. The van der Waals surface area contributed by atoms with Crippen molar-refractivity contribution in [2.24, 2.45) is 0 Å². The van der Waals surface area contributed by atoms with Crippen LogP contribution in [0.15, 0.2) is 24.3 Å². The van der Waals surface area contributed by atoms with Crippen LogP contribution in [0.5, 0.6) is 0 Å². The summed E-state index contributed by atoms with van der Waals surface area (Å²) in [6.07, 6.45) is 8.98. The number of ether oxygens (including phenoxy) is 1. The van der Waals surface area contributed by atoms with Gasteiger partial charge in [0.05, 0.1) is 6.04 Å². The SMILES string of the molecule is C#CC[C@H](NC(=O)OC(C)(C)C)C(=O)N1CCC[C@H]1C(=O)N[C@@H]1CCCc2ccccc21. The Kier molecular flexibility index (Phi) is 7.44. The van der Waals surface area contributed by atoms with Gasteiger partial charge in [0.2, 0.25) is 11.8 Å². The van der Waals surface area contributed by atoms with Gasteiger partial charge in [0, 0.05) is 13.0 Å². The Morgan fingerprint density at radius 3 is 2.69 bits per heavy atom. The molecule has 172 valence electrons. The van der Waals surface area contributed by atoms with Gasteiger partial charge >= 0.3 is 6.09 Å². The van der Waals surface area contributed by atoms with Gasteiger partial charge in [-0.15, -0.1) is 12.3 Å². The quantitative estimate of drug-likeness (QED) is 0.690. The van der Waals surface area contributed by atoms with E-state index in [1.807, 2.05) is 12.1 Å². The predicted molar refractivity (Wildman–Crippen MR) is 122 cm³/mol. The van der Waals surface area contributed by atoms with Gasteiger partial charge < -0.3 is 20.3 Å². The topological polar surface area (TPSA) is 87.7 Å². The zero-order valence-electron chi connectivity index (χ0n) is 19.1. The zero-order chi connectivity index (χ0) is 23.3. The van der Waals surface area contributed by atoms with Gasteiger partial charge in [0.15, 0.2) is 0 Å². The first-order valence-electron chi connectivity index (χ1n) is 11.3. The second-order valence-electron chi connectivity index (χ2n) is 9.45. The molecule has 3 rings (SSSR count). The normalized spacial score (nSPS) is 21.1. The van der Waals surface area contributed by atoms with Crippen LogP contribution in [0.2, 0.25) is 0 Å². The van der Waals surface area contributed by atoms with Crippen molar-refractivity contribution in [3.63, 3.8) is 0 Å². The summed E-state index contributed by atoms with van der Waals surface area (Å²) in [5.41, 5.74) is 1.72. The van der Waals surface area contributed by atoms with Crippen LogP contribution in [-0.4, -0.2) is 47.0 Å². The van der Waals surface area contributed by atoms with Gasteiger partial charge in [-0.05, 0) is 64.0 Å². The maximum Gasteiger partial charge on any atom is 0.408 e. The Morgan fingerprint density at radius 1 is 1.22 bits per heavy atom. The lowest BCUT2D eigenvalue weighted by atomic mass is 9.87. The number of nitrogens with zero attached hydrogens (tertiary/aromatic N) is 1. The smallest absolute Gasteiger partial charge is 0.408 e. The maximum atomic E-state index is 13.2. The first-order chi connectivity index (χ1) is 15.2. The van der Waals surface area contributed by atoms with Gasteiger partial charge in [-0.1, -0.05) is 24.3 Å². The number of terminal acetylenes is 1. The molecule has 1 aromatic rings. The fraction of sp³-hybridized carbons (Fsp3) is 0.560. The highest BCUT2D eigenvalue weighted by Crippen LogP contribution is 2.30. The Bertz CT molecular complexity index is 899. The number of carbonyl (C=O) groups is 3. The van der Waals surface area contributed by atoms with Crippen molar-refractivity contribution in [1.29, 1.82) is 0 Å². The third-order valence-corrected chi connectivity index (χ3v) is 5.84. The number of hydrogen-bond acceptors (Lipinski definition) is 4. The van der Waals surface area contributed by atoms with Crippen molar-refractivity contribution in [3.05, 3.63) is 35.4 Å². The van der Waals surface area contributed by atoms with E-state index in [4.69, 9.17) is 11.2 Å². The molecular formula is C25H33N3O4.